The van der Waals surface area contributed by atoms with Crippen molar-refractivity contribution in [3.63, 3.8) is 0 Å². The molecule has 0 bridgehead atoms. The number of hydrogen-bond acceptors (Lipinski definition) is 3. The maximum Gasteiger partial charge on any atom is 0.142 e. The molecule has 1 aromatic heterocycles. The fraction of sp³-hybridized carbons (Fsp3) is 0.250. The van der Waals surface area contributed by atoms with Crippen molar-refractivity contribution in [2.45, 2.75) is 13.0 Å². The zero-order chi connectivity index (χ0) is 11.5. The average molecular weight is 217 g/mol. The first kappa shape index (κ1) is 10.7. The van der Waals surface area contributed by atoms with E-state index in [2.05, 4.69) is 4.98 Å². The molecular formula is C12H15N3O. The number of hydrogen-bond donors (Lipinski definition) is 1. The van der Waals surface area contributed by atoms with Gasteiger partial charge >= 0.3 is 0 Å². The zero-order valence-corrected chi connectivity index (χ0v) is 9.42. The van der Waals surface area contributed by atoms with E-state index in [-0.39, 0.29) is 6.04 Å². The molecule has 0 saturated carbocycles. The van der Waals surface area contributed by atoms with Crippen LogP contribution in [0.4, 0.5) is 0 Å². The van der Waals surface area contributed by atoms with E-state index >= 15 is 0 Å². The average Bonchev–Trinajstić information content (AvgIpc) is 2.77. The Bertz CT molecular complexity index is 477. The van der Waals surface area contributed by atoms with Crippen LogP contribution >= 0.6 is 0 Å². The van der Waals surface area contributed by atoms with Gasteiger partial charge in [-0.2, -0.15) is 0 Å². The topological polar surface area (TPSA) is 53.1 Å². The normalized spacial score (nSPS) is 12.4. The molecule has 2 rings (SSSR count). The summed E-state index contributed by atoms with van der Waals surface area (Å²) >= 11 is 0. The molecule has 2 N–H and O–H groups in total. The summed E-state index contributed by atoms with van der Waals surface area (Å²) in [5.74, 6) is 0.808. The highest BCUT2D eigenvalue weighted by molar-refractivity contribution is 5.47. The molecule has 1 atom stereocenters. The SMILES string of the molecule is COc1ccccc1-n1cncc1C(C)N. The summed E-state index contributed by atoms with van der Waals surface area (Å²) < 4.78 is 7.26. The summed E-state index contributed by atoms with van der Waals surface area (Å²) in [6, 6.07) is 7.73. The van der Waals surface area contributed by atoms with Crippen LogP contribution in [-0.2, 0) is 0 Å². The molecule has 2 aromatic rings. The highest BCUT2D eigenvalue weighted by Gasteiger charge is 2.11. The van der Waals surface area contributed by atoms with E-state index in [4.69, 9.17) is 10.5 Å². The molecule has 1 unspecified atom stereocenters. The number of para-hydroxylation sites is 2. The predicted molar refractivity (Wildman–Crippen MR) is 62.7 cm³/mol. The summed E-state index contributed by atoms with van der Waals surface area (Å²) in [6.07, 6.45) is 3.52. The first-order valence-corrected chi connectivity index (χ1v) is 5.15. The van der Waals surface area contributed by atoms with Crippen LogP contribution in [0.3, 0.4) is 0 Å². The molecule has 84 valence electrons. The first-order chi connectivity index (χ1) is 7.74. The number of methoxy groups -OCH3 is 1. The van der Waals surface area contributed by atoms with E-state index in [0.717, 1.165) is 17.1 Å². The summed E-state index contributed by atoms with van der Waals surface area (Å²) in [7, 11) is 1.65. The van der Waals surface area contributed by atoms with Gasteiger partial charge in [0.25, 0.3) is 0 Å². The minimum Gasteiger partial charge on any atom is -0.495 e. The Morgan fingerprint density at radius 3 is 2.81 bits per heavy atom. The van der Waals surface area contributed by atoms with Crippen molar-refractivity contribution >= 4 is 0 Å². The third-order valence-corrected chi connectivity index (χ3v) is 2.48. The van der Waals surface area contributed by atoms with Crippen LogP contribution in [0.25, 0.3) is 5.69 Å². The molecule has 0 fully saturated rings. The number of nitrogens with two attached hydrogens (primary N) is 1. The standard InChI is InChI=1S/C12H15N3O/c1-9(13)11-7-14-8-15(11)10-5-3-4-6-12(10)16-2/h3-9H,13H2,1-2H3. The van der Waals surface area contributed by atoms with Gasteiger partial charge in [0.2, 0.25) is 0 Å². The lowest BCUT2D eigenvalue weighted by Gasteiger charge is -2.13. The zero-order valence-electron chi connectivity index (χ0n) is 9.42. The lowest BCUT2D eigenvalue weighted by Crippen LogP contribution is -2.11. The van der Waals surface area contributed by atoms with Crippen LogP contribution in [0.5, 0.6) is 5.75 Å². The molecular weight excluding hydrogens is 202 g/mol. The van der Waals surface area contributed by atoms with Crippen LogP contribution in [0.2, 0.25) is 0 Å². The van der Waals surface area contributed by atoms with Gasteiger partial charge in [-0.15, -0.1) is 0 Å². The number of ether oxygens (including phenoxy) is 1. The van der Waals surface area contributed by atoms with Crippen LogP contribution in [0.15, 0.2) is 36.8 Å². The minimum atomic E-state index is -0.0626. The molecule has 1 aromatic carbocycles. The Labute approximate surface area is 94.7 Å². The Morgan fingerprint density at radius 2 is 2.12 bits per heavy atom. The second-order valence-corrected chi connectivity index (χ2v) is 3.65. The van der Waals surface area contributed by atoms with Crippen molar-refractivity contribution in [3.05, 3.63) is 42.5 Å². The van der Waals surface area contributed by atoms with Gasteiger partial charge in [-0.3, -0.25) is 4.57 Å². The lowest BCUT2D eigenvalue weighted by molar-refractivity contribution is 0.412. The van der Waals surface area contributed by atoms with E-state index in [1.54, 1.807) is 19.6 Å². The molecule has 16 heavy (non-hydrogen) atoms. The van der Waals surface area contributed by atoms with E-state index in [9.17, 15) is 0 Å². The van der Waals surface area contributed by atoms with Gasteiger partial charge in [-0.1, -0.05) is 12.1 Å². The summed E-state index contributed by atoms with van der Waals surface area (Å²) in [5.41, 5.74) is 7.80. The van der Waals surface area contributed by atoms with Gasteiger partial charge in [0.1, 0.15) is 5.75 Å². The number of imidazole rings is 1. The second kappa shape index (κ2) is 4.37. The van der Waals surface area contributed by atoms with Crippen LogP contribution in [0.1, 0.15) is 18.7 Å². The highest BCUT2D eigenvalue weighted by atomic mass is 16.5. The maximum absolute atomic E-state index is 5.89. The molecule has 4 nitrogen and oxygen atoms in total. The number of nitrogens with zero attached hydrogens (tertiary/aromatic N) is 2. The first-order valence-electron chi connectivity index (χ1n) is 5.15. The van der Waals surface area contributed by atoms with Gasteiger partial charge < -0.3 is 10.5 Å². The van der Waals surface area contributed by atoms with Crippen LogP contribution in [0, 0.1) is 0 Å². The van der Waals surface area contributed by atoms with Gasteiger partial charge in [0.05, 0.1) is 31.0 Å². The van der Waals surface area contributed by atoms with Gasteiger partial charge in [0.15, 0.2) is 0 Å². The van der Waals surface area contributed by atoms with E-state index in [1.807, 2.05) is 35.8 Å². The summed E-state index contributed by atoms with van der Waals surface area (Å²) in [4.78, 5) is 4.12. The summed E-state index contributed by atoms with van der Waals surface area (Å²) in [5, 5.41) is 0. The number of rotatable bonds is 3. The maximum atomic E-state index is 5.89. The lowest BCUT2D eigenvalue weighted by atomic mass is 10.2. The Kier molecular flexibility index (Phi) is 2.92. The fourth-order valence-electron chi connectivity index (χ4n) is 1.67. The second-order valence-electron chi connectivity index (χ2n) is 3.65. The molecule has 0 radical (unpaired) electrons. The molecule has 1 heterocycles. The van der Waals surface area contributed by atoms with E-state index in [0.29, 0.717) is 0 Å². The smallest absolute Gasteiger partial charge is 0.142 e. The fourth-order valence-corrected chi connectivity index (χ4v) is 1.67. The van der Waals surface area contributed by atoms with Crippen molar-refractivity contribution in [2.75, 3.05) is 7.11 Å². The largest absolute Gasteiger partial charge is 0.495 e. The van der Waals surface area contributed by atoms with Crippen molar-refractivity contribution in [1.29, 1.82) is 0 Å². The monoisotopic (exact) mass is 217 g/mol. The molecule has 0 aliphatic carbocycles. The molecule has 4 heteroatoms. The van der Waals surface area contributed by atoms with Gasteiger partial charge in [-0.05, 0) is 19.1 Å². The Morgan fingerprint density at radius 1 is 1.38 bits per heavy atom. The third kappa shape index (κ3) is 1.79. The Balaban J connectivity index is 2.54. The molecule has 0 amide bonds. The van der Waals surface area contributed by atoms with Crippen molar-refractivity contribution in [3.8, 4) is 11.4 Å². The number of benzene rings is 1. The van der Waals surface area contributed by atoms with Gasteiger partial charge in [-0.25, -0.2) is 4.98 Å². The molecule has 0 aliphatic heterocycles. The molecule has 0 spiro atoms. The van der Waals surface area contributed by atoms with Gasteiger partial charge in [0, 0.05) is 6.04 Å². The summed E-state index contributed by atoms with van der Waals surface area (Å²) in [6.45, 7) is 1.93. The van der Waals surface area contributed by atoms with Crippen molar-refractivity contribution in [2.24, 2.45) is 5.73 Å². The predicted octanol–water partition coefficient (Wildman–Crippen LogP) is 1.90. The minimum absolute atomic E-state index is 0.0626. The highest BCUT2D eigenvalue weighted by Crippen LogP contribution is 2.24. The third-order valence-electron chi connectivity index (χ3n) is 2.48. The molecule has 0 aliphatic rings. The number of aromatic nitrogens is 2. The van der Waals surface area contributed by atoms with Crippen LogP contribution < -0.4 is 10.5 Å². The van der Waals surface area contributed by atoms with Crippen molar-refractivity contribution < 1.29 is 4.74 Å². The quantitative estimate of drug-likeness (QED) is 0.854. The van der Waals surface area contributed by atoms with E-state index in [1.165, 1.54) is 0 Å². The van der Waals surface area contributed by atoms with Crippen LogP contribution in [-0.4, -0.2) is 16.7 Å². The Hall–Kier alpha value is -1.81. The molecule has 0 saturated heterocycles. The van der Waals surface area contributed by atoms with E-state index < -0.39 is 0 Å². The van der Waals surface area contributed by atoms with Crippen molar-refractivity contribution in [1.82, 2.24) is 9.55 Å².